The van der Waals surface area contributed by atoms with Gasteiger partial charge < -0.3 is 14.8 Å². The maximum absolute atomic E-state index is 13.0. The van der Waals surface area contributed by atoms with Crippen LogP contribution < -0.4 is 14.8 Å². The van der Waals surface area contributed by atoms with Gasteiger partial charge in [0.2, 0.25) is 5.91 Å². The second-order valence-corrected chi connectivity index (χ2v) is 11.9. The minimum atomic E-state index is -0.517. The number of anilines is 1. The van der Waals surface area contributed by atoms with Crippen LogP contribution >= 0.6 is 46.0 Å². The molecule has 1 fully saturated rings. The molecule has 0 bridgehead atoms. The molecule has 0 unspecified atom stereocenters. The molecular weight excluding hydrogens is 663 g/mol. The van der Waals surface area contributed by atoms with Gasteiger partial charge in [0, 0.05) is 10.7 Å². The van der Waals surface area contributed by atoms with E-state index in [4.69, 9.17) is 21.1 Å². The lowest BCUT2D eigenvalue weighted by Gasteiger charge is -2.15. The number of nitrogens with zero attached hydrogens (tertiary/aromatic N) is 1. The van der Waals surface area contributed by atoms with Gasteiger partial charge >= 0.3 is 0 Å². The molecule has 40 heavy (non-hydrogen) atoms. The molecule has 0 aliphatic carbocycles. The first-order chi connectivity index (χ1) is 19.1. The van der Waals surface area contributed by atoms with Gasteiger partial charge in [-0.2, -0.15) is 0 Å². The molecule has 0 atom stereocenters. The molecule has 3 aromatic rings. The molecule has 208 valence electrons. The summed E-state index contributed by atoms with van der Waals surface area (Å²) in [5, 5.41) is 2.91. The molecule has 10 heteroatoms. The lowest BCUT2D eigenvalue weighted by molar-refractivity contribution is -0.127. The maximum Gasteiger partial charge on any atom is 0.294 e. The molecular formula is C30H28ClIN2O5S. The highest BCUT2D eigenvalue weighted by Crippen LogP contribution is 2.38. The first-order valence-corrected chi connectivity index (χ1v) is 14.9. The molecule has 1 aliphatic heterocycles. The highest BCUT2D eigenvalue weighted by atomic mass is 127. The number of hydrogen-bond acceptors (Lipinski definition) is 6. The highest BCUT2D eigenvalue weighted by molar-refractivity contribution is 14.1. The Morgan fingerprint density at radius 2 is 1.77 bits per heavy atom. The Bertz CT molecular complexity index is 1440. The summed E-state index contributed by atoms with van der Waals surface area (Å²) in [7, 11) is 0. The van der Waals surface area contributed by atoms with E-state index in [2.05, 4.69) is 41.8 Å². The number of ether oxygens (including phenoxy) is 2. The van der Waals surface area contributed by atoms with Gasteiger partial charge in [-0.15, -0.1) is 0 Å². The number of rotatable bonds is 10. The van der Waals surface area contributed by atoms with Crippen LogP contribution in [0.5, 0.6) is 11.5 Å². The molecule has 1 N–H and O–H groups in total. The fraction of sp³-hybridized carbons (Fsp3) is 0.233. The summed E-state index contributed by atoms with van der Waals surface area (Å²) >= 11 is 8.92. The molecule has 1 aliphatic rings. The fourth-order valence-electron chi connectivity index (χ4n) is 3.89. The maximum atomic E-state index is 13.0. The lowest BCUT2D eigenvalue weighted by atomic mass is 10.0. The van der Waals surface area contributed by atoms with E-state index in [0.29, 0.717) is 46.9 Å². The Morgan fingerprint density at radius 3 is 2.42 bits per heavy atom. The average Bonchev–Trinajstić information content (AvgIpc) is 3.16. The van der Waals surface area contributed by atoms with Crippen LogP contribution in [-0.4, -0.2) is 35.1 Å². The van der Waals surface area contributed by atoms with Crippen molar-refractivity contribution in [3.63, 3.8) is 0 Å². The van der Waals surface area contributed by atoms with Crippen LogP contribution in [0.2, 0.25) is 5.02 Å². The first kappa shape index (κ1) is 30.0. The van der Waals surface area contributed by atoms with Crippen LogP contribution in [0.15, 0.2) is 65.6 Å². The molecule has 3 aromatic carbocycles. The second kappa shape index (κ2) is 13.6. The van der Waals surface area contributed by atoms with Crippen molar-refractivity contribution in [3.05, 3.63) is 90.9 Å². The van der Waals surface area contributed by atoms with Crippen molar-refractivity contribution < 1.29 is 23.9 Å². The van der Waals surface area contributed by atoms with E-state index >= 15 is 0 Å². The quantitative estimate of drug-likeness (QED) is 0.173. The second-order valence-electron chi connectivity index (χ2n) is 9.27. The lowest BCUT2D eigenvalue weighted by Crippen LogP contribution is -2.36. The van der Waals surface area contributed by atoms with Crippen molar-refractivity contribution in [3.8, 4) is 11.5 Å². The van der Waals surface area contributed by atoms with E-state index in [0.717, 1.165) is 31.4 Å². The fourth-order valence-corrected chi connectivity index (χ4v) is 5.64. The van der Waals surface area contributed by atoms with E-state index in [1.165, 1.54) is 0 Å². The van der Waals surface area contributed by atoms with E-state index in [-0.39, 0.29) is 11.4 Å². The molecule has 7 nitrogen and oxygen atoms in total. The molecule has 4 rings (SSSR count). The number of hydrogen-bond donors (Lipinski definition) is 1. The minimum absolute atomic E-state index is 0.229. The van der Waals surface area contributed by atoms with Crippen molar-refractivity contribution in [2.75, 3.05) is 18.5 Å². The standard InChI is InChI=1S/C30H28ClIN2O5S/c1-4-38-25-14-20(13-24(32)28(25)39-17-19-5-9-22(31)10-6-19)15-26-29(36)34(30(37)40-26)16-27(35)33-23-11-7-21(8-12-23)18(2)3/h5-15,18H,4,16-17H2,1-3H3,(H,33,35)/b26-15+. The first-order valence-electron chi connectivity index (χ1n) is 12.6. The number of halogens is 2. The molecule has 0 aromatic heterocycles. The number of thioether (sulfide) groups is 1. The zero-order valence-corrected chi connectivity index (χ0v) is 25.9. The summed E-state index contributed by atoms with van der Waals surface area (Å²) in [5.74, 6) is 0.517. The third-order valence-corrected chi connectivity index (χ3v) is 7.92. The highest BCUT2D eigenvalue weighted by Gasteiger charge is 2.36. The summed E-state index contributed by atoms with van der Waals surface area (Å²) in [5.41, 5.74) is 3.38. The van der Waals surface area contributed by atoms with Crippen molar-refractivity contribution in [1.82, 2.24) is 4.90 Å². The number of nitrogens with one attached hydrogen (secondary N) is 1. The van der Waals surface area contributed by atoms with Crippen molar-refractivity contribution in [2.24, 2.45) is 0 Å². The van der Waals surface area contributed by atoms with Gasteiger partial charge in [-0.05, 0) is 106 Å². The number of carbonyl (C=O) groups excluding carboxylic acids is 3. The summed E-state index contributed by atoms with van der Waals surface area (Å²) in [6.07, 6.45) is 1.63. The average molecular weight is 691 g/mol. The number of amides is 3. The van der Waals surface area contributed by atoms with Gasteiger partial charge in [0.25, 0.3) is 11.1 Å². The smallest absolute Gasteiger partial charge is 0.294 e. The summed E-state index contributed by atoms with van der Waals surface area (Å²) < 4.78 is 12.7. The topological polar surface area (TPSA) is 84.9 Å². The van der Waals surface area contributed by atoms with Crippen molar-refractivity contribution >= 4 is 74.8 Å². The summed E-state index contributed by atoms with van der Waals surface area (Å²) in [6, 6.07) is 18.5. The summed E-state index contributed by atoms with van der Waals surface area (Å²) in [6.45, 7) is 6.43. The Morgan fingerprint density at radius 1 is 1.07 bits per heavy atom. The van der Waals surface area contributed by atoms with Gasteiger partial charge in [0.15, 0.2) is 11.5 Å². The predicted octanol–water partition coefficient (Wildman–Crippen LogP) is 7.72. The van der Waals surface area contributed by atoms with Crippen LogP contribution in [0.3, 0.4) is 0 Å². The number of benzene rings is 3. The Kier molecular flexibility index (Phi) is 10.2. The van der Waals surface area contributed by atoms with Crippen molar-refractivity contribution in [1.29, 1.82) is 0 Å². The van der Waals surface area contributed by atoms with E-state index < -0.39 is 17.1 Å². The minimum Gasteiger partial charge on any atom is -0.490 e. The van der Waals surface area contributed by atoms with Gasteiger partial charge in [0.05, 0.1) is 15.1 Å². The normalized spacial score (nSPS) is 14.2. The monoisotopic (exact) mass is 690 g/mol. The summed E-state index contributed by atoms with van der Waals surface area (Å²) in [4.78, 5) is 39.4. The van der Waals surface area contributed by atoms with Crippen LogP contribution in [0, 0.1) is 3.57 Å². The van der Waals surface area contributed by atoms with Gasteiger partial charge in [-0.1, -0.05) is 49.7 Å². The number of carbonyl (C=O) groups is 3. The van der Waals surface area contributed by atoms with Crippen LogP contribution in [0.1, 0.15) is 43.4 Å². The van der Waals surface area contributed by atoms with E-state index in [9.17, 15) is 14.4 Å². The van der Waals surface area contributed by atoms with Crippen LogP contribution in [0.4, 0.5) is 10.5 Å². The van der Waals surface area contributed by atoms with Crippen molar-refractivity contribution in [2.45, 2.75) is 33.3 Å². The van der Waals surface area contributed by atoms with Gasteiger partial charge in [-0.25, -0.2) is 0 Å². The van der Waals surface area contributed by atoms with Gasteiger partial charge in [0.1, 0.15) is 13.2 Å². The Hall–Kier alpha value is -3.02. The Balaban J connectivity index is 1.46. The van der Waals surface area contributed by atoms with Crippen LogP contribution in [-0.2, 0) is 16.2 Å². The molecule has 3 amide bonds. The van der Waals surface area contributed by atoms with Gasteiger partial charge in [-0.3, -0.25) is 19.3 Å². The largest absolute Gasteiger partial charge is 0.490 e. The Labute approximate surface area is 256 Å². The predicted molar refractivity (Wildman–Crippen MR) is 168 cm³/mol. The SMILES string of the molecule is CCOc1cc(/C=C2/SC(=O)N(CC(=O)Nc3ccc(C(C)C)cc3)C2=O)cc(I)c1OCc1ccc(Cl)cc1. The van der Waals surface area contributed by atoms with Crippen LogP contribution in [0.25, 0.3) is 6.08 Å². The molecule has 1 saturated heterocycles. The number of imide groups is 1. The molecule has 1 heterocycles. The van der Waals surface area contributed by atoms with E-state index in [1.807, 2.05) is 37.3 Å². The zero-order chi connectivity index (χ0) is 28.8. The molecule has 0 saturated carbocycles. The molecule has 0 radical (unpaired) electrons. The third kappa shape index (κ3) is 7.58. The van der Waals surface area contributed by atoms with E-state index in [1.54, 1.807) is 36.4 Å². The third-order valence-electron chi connectivity index (χ3n) is 5.96. The molecule has 0 spiro atoms. The zero-order valence-electron chi connectivity index (χ0n) is 22.2.